The molecule has 0 saturated heterocycles. The van der Waals surface area contributed by atoms with Crippen LogP contribution in [0.25, 0.3) is 0 Å². The molecule has 102 valence electrons. The van der Waals surface area contributed by atoms with Gasteiger partial charge in [0.25, 0.3) is 0 Å². The lowest BCUT2D eigenvalue weighted by atomic mass is 10.0. The van der Waals surface area contributed by atoms with Crippen molar-refractivity contribution in [3.63, 3.8) is 0 Å². The van der Waals surface area contributed by atoms with E-state index in [2.05, 4.69) is 4.98 Å². The second-order valence-electron chi connectivity index (χ2n) is 4.16. The zero-order chi connectivity index (χ0) is 14.5. The van der Waals surface area contributed by atoms with Crippen LogP contribution >= 0.6 is 0 Å². The fourth-order valence-corrected chi connectivity index (χ4v) is 1.83. The number of ether oxygens (including phenoxy) is 1. The van der Waals surface area contributed by atoms with Gasteiger partial charge in [0.05, 0.1) is 12.0 Å². The highest BCUT2D eigenvalue weighted by Crippen LogP contribution is 2.27. The lowest BCUT2D eigenvalue weighted by Crippen LogP contribution is -2.05. The molecule has 0 atom stereocenters. The maximum atomic E-state index is 11.0. The molecule has 20 heavy (non-hydrogen) atoms. The number of benzene rings is 1. The van der Waals surface area contributed by atoms with Crippen LogP contribution in [0.1, 0.15) is 11.1 Å². The van der Waals surface area contributed by atoms with Crippen LogP contribution < -0.4 is 4.74 Å². The molecule has 6 nitrogen and oxygen atoms in total. The third-order valence-electron chi connectivity index (χ3n) is 2.83. The molecule has 0 saturated carbocycles. The Hall–Kier alpha value is -2.76. The van der Waals surface area contributed by atoms with Crippen molar-refractivity contribution in [3.05, 3.63) is 64.0 Å². The molecule has 1 N–H and O–H groups in total. The average Bonchev–Trinajstić information content (AvgIpc) is 2.47. The minimum atomic E-state index is -0.514. The van der Waals surface area contributed by atoms with E-state index in [9.17, 15) is 10.1 Å². The molecule has 0 bridgehead atoms. The van der Waals surface area contributed by atoms with Crippen LogP contribution in [0.2, 0.25) is 0 Å². The van der Waals surface area contributed by atoms with E-state index in [1.165, 1.54) is 19.2 Å². The molecular formula is C14H13N3O3. The van der Waals surface area contributed by atoms with Crippen LogP contribution in [0.3, 0.4) is 0 Å². The first-order valence-corrected chi connectivity index (χ1v) is 5.91. The van der Waals surface area contributed by atoms with Gasteiger partial charge in [0.15, 0.2) is 5.75 Å². The maximum Gasteiger partial charge on any atom is 0.311 e. The van der Waals surface area contributed by atoms with E-state index < -0.39 is 4.92 Å². The van der Waals surface area contributed by atoms with Crippen LogP contribution in [-0.4, -0.2) is 22.7 Å². The molecule has 0 aliphatic carbocycles. The van der Waals surface area contributed by atoms with E-state index >= 15 is 0 Å². The summed E-state index contributed by atoms with van der Waals surface area (Å²) in [7, 11) is 1.38. The predicted molar refractivity (Wildman–Crippen MR) is 74.4 cm³/mol. The minimum absolute atomic E-state index is 0.138. The Morgan fingerprint density at radius 1 is 1.45 bits per heavy atom. The van der Waals surface area contributed by atoms with Crippen molar-refractivity contribution in [2.75, 3.05) is 7.11 Å². The number of nitrogens with one attached hydrogen (secondary N) is 1. The van der Waals surface area contributed by atoms with Crippen molar-refractivity contribution in [1.29, 1.82) is 5.41 Å². The second kappa shape index (κ2) is 5.92. The number of methoxy groups -OCH3 is 1. The standard InChI is InChI=1S/C14H13N3O3/c1-20-14-5-4-11(8-13(14)17(18)19)12(15)7-10-3-2-6-16-9-10/h2-6,8-9,15H,7H2,1H3. The minimum Gasteiger partial charge on any atom is -0.490 e. The monoisotopic (exact) mass is 271 g/mol. The van der Waals surface area contributed by atoms with Crippen molar-refractivity contribution in [1.82, 2.24) is 4.98 Å². The zero-order valence-electron chi connectivity index (χ0n) is 10.9. The summed E-state index contributed by atoms with van der Waals surface area (Å²) in [6, 6.07) is 8.16. The van der Waals surface area contributed by atoms with E-state index in [0.29, 0.717) is 17.7 Å². The lowest BCUT2D eigenvalue weighted by Gasteiger charge is -2.06. The predicted octanol–water partition coefficient (Wildman–Crippen LogP) is 2.61. The van der Waals surface area contributed by atoms with Gasteiger partial charge in [-0.3, -0.25) is 15.1 Å². The molecule has 1 heterocycles. The summed E-state index contributed by atoms with van der Waals surface area (Å²) in [6.45, 7) is 0. The first-order chi connectivity index (χ1) is 9.61. The molecule has 1 aromatic heterocycles. The largest absolute Gasteiger partial charge is 0.490 e. The van der Waals surface area contributed by atoms with Crippen molar-refractivity contribution in [3.8, 4) is 5.75 Å². The Morgan fingerprint density at radius 2 is 2.25 bits per heavy atom. The molecule has 2 rings (SSSR count). The lowest BCUT2D eigenvalue weighted by molar-refractivity contribution is -0.385. The molecular weight excluding hydrogens is 258 g/mol. The highest BCUT2D eigenvalue weighted by molar-refractivity contribution is 6.00. The molecule has 0 amide bonds. The van der Waals surface area contributed by atoms with Gasteiger partial charge in [-0.15, -0.1) is 0 Å². The molecule has 6 heteroatoms. The van der Waals surface area contributed by atoms with Crippen LogP contribution in [-0.2, 0) is 6.42 Å². The molecule has 0 unspecified atom stereocenters. The molecule has 0 aliphatic rings. The van der Waals surface area contributed by atoms with E-state index in [-0.39, 0.29) is 11.4 Å². The third-order valence-corrected chi connectivity index (χ3v) is 2.83. The van der Waals surface area contributed by atoms with Gasteiger partial charge in [-0.1, -0.05) is 6.07 Å². The van der Waals surface area contributed by atoms with Gasteiger partial charge >= 0.3 is 5.69 Å². The number of rotatable bonds is 5. The van der Waals surface area contributed by atoms with Gasteiger partial charge in [-0.05, 0) is 23.8 Å². The Labute approximate surface area is 115 Å². The summed E-state index contributed by atoms with van der Waals surface area (Å²) >= 11 is 0. The summed E-state index contributed by atoms with van der Waals surface area (Å²) in [5.74, 6) is 0.188. The molecule has 2 aromatic rings. The molecule has 0 radical (unpaired) electrons. The van der Waals surface area contributed by atoms with E-state index in [4.69, 9.17) is 10.1 Å². The third kappa shape index (κ3) is 2.97. The van der Waals surface area contributed by atoms with E-state index in [1.54, 1.807) is 24.5 Å². The van der Waals surface area contributed by atoms with Gasteiger partial charge in [0.2, 0.25) is 0 Å². The van der Waals surface area contributed by atoms with E-state index in [0.717, 1.165) is 5.56 Å². The number of nitro benzene ring substituents is 1. The first kappa shape index (κ1) is 13.7. The van der Waals surface area contributed by atoms with Gasteiger partial charge in [0.1, 0.15) is 0 Å². The summed E-state index contributed by atoms with van der Waals surface area (Å²) in [6.07, 6.45) is 3.70. The number of pyridine rings is 1. The second-order valence-corrected chi connectivity index (χ2v) is 4.16. The van der Waals surface area contributed by atoms with Crippen LogP contribution in [0.4, 0.5) is 5.69 Å². The molecule has 0 fully saturated rings. The van der Waals surface area contributed by atoms with Crippen molar-refractivity contribution in [2.24, 2.45) is 0 Å². The van der Waals surface area contributed by atoms with Gasteiger partial charge in [0, 0.05) is 36.2 Å². The molecule has 0 spiro atoms. The summed E-state index contributed by atoms with van der Waals surface area (Å²) in [5.41, 5.74) is 1.54. The molecule has 1 aromatic carbocycles. The zero-order valence-corrected chi connectivity index (χ0v) is 10.9. The maximum absolute atomic E-state index is 11.0. The number of nitro groups is 1. The SMILES string of the molecule is COc1ccc(C(=N)Cc2cccnc2)cc1[N+](=O)[O-]. The molecule has 0 aliphatic heterocycles. The Bertz CT molecular complexity index is 641. The van der Waals surface area contributed by atoms with Crippen LogP contribution in [0, 0.1) is 15.5 Å². The normalized spacial score (nSPS) is 10.1. The fraction of sp³-hybridized carbons (Fsp3) is 0.143. The summed E-state index contributed by atoms with van der Waals surface area (Å²) in [4.78, 5) is 14.4. The average molecular weight is 271 g/mol. The van der Waals surface area contributed by atoms with Crippen LogP contribution in [0.15, 0.2) is 42.7 Å². The van der Waals surface area contributed by atoms with Crippen LogP contribution in [0.5, 0.6) is 5.75 Å². The Morgan fingerprint density at radius 3 is 2.85 bits per heavy atom. The summed E-state index contributed by atoms with van der Waals surface area (Å²) in [5, 5.41) is 19.0. The van der Waals surface area contributed by atoms with Gasteiger partial charge in [-0.25, -0.2) is 0 Å². The number of hydrogen-bond acceptors (Lipinski definition) is 5. The summed E-state index contributed by atoms with van der Waals surface area (Å²) < 4.78 is 4.94. The Balaban J connectivity index is 2.27. The van der Waals surface area contributed by atoms with Crippen molar-refractivity contribution < 1.29 is 9.66 Å². The quantitative estimate of drug-likeness (QED) is 0.514. The van der Waals surface area contributed by atoms with Crippen molar-refractivity contribution >= 4 is 11.4 Å². The van der Waals surface area contributed by atoms with Crippen molar-refractivity contribution in [2.45, 2.75) is 6.42 Å². The smallest absolute Gasteiger partial charge is 0.311 e. The first-order valence-electron chi connectivity index (χ1n) is 5.91. The number of nitrogens with zero attached hydrogens (tertiary/aromatic N) is 2. The number of aromatic nitrogens is 1. The topological polar surface area (TPSA) is 89.1 Å². The fourth-order valence-electron chi connectivity index (χ4n) is 1.83. The highest BCUT2D eigenvalue weighted by atomic mass is 16.6. The van der Waals surface area contributed by atoms with Gasteiger partial charge in [-0.2, -0.15) is 0 Å². The highest BCUT2D eigenvalue weighted by Gasteiger charge is 2.16. The number of hydrogen-bond donors (Lipinski definition) is 1. The van der Waals surface area contributed by atoms with E-state index in [1.807, 2.05) is 6.07 Å². The van der Waals surface area contributed by atoms with Gasteiger partial charge < -0.3 is 10.1 Å². The Kier molecular flexibility index (Phi) is 4.05.